The molecule has 3 atom stereocenters. The van der Waals surface area contributed by atoms with Crippen molar-refractivity contribution in [3.05, 3.63) is 64.4 Å². The van der Waals surface area contributed by atoms with E-state index in [0.717, 1.165) is 22.4 Å². The molecule has 5 rings (SSSR count). The molecule has 2 aromatic rings. The predicted molar refractivity (Wildman–Crippen MR) is 125 cm³/mol. The monoisotopic (exact) mass is 466 g/mol. The van der Waals surface area contributed by atoms with Gasteiger partial charge >= 0.3 is 5.97 Å². The van der Waals surface area contributed by atoms with Gasteiger partial charge in [0.15, 0.2) is 6.10 Å². The second-order valence-corrected chi connectivity index (χ2v) is 10.6. The van der Waals surface area contributed by atoms with E-state index in [2.05, 4.69) is 0 Å². The molecule has 3 aliphatic heterocycles. The lowest BCUT2D eigenvalue weighted by Crippen LogP contribution is -2.39. The summed E-state index contributed by atoms with van der Waals surface area (Å²) >= 11 is 0. The van der Waals surface area contributed by atoms with Crippen LogP contribution in [0.15, 0.2) is 42.2 Å². The van der Waals surface area contributed by atoms with Crippen molar-refractivity contribution in [1.82, 2.24) is 0 Å². The summed E-state index contributed by atoms with van der Waals surface area (Å²) in [6.07, 6.45) is -0.0300. The fourth-order valence-electron chi connectivity index (χ4n) is 4.75. The number of hydrogen-bond donors (Lipinski definition) is 3. The summed E-state index contributed by atoms with van der Waals surface area (Å²) in [6, 6.07) is 11.0. The number of hydrogen-bond acceptors (Lipinski definition) is 7. The van der Waals surface area contributed by atoms with Crippen molar-refractivity contribution in [2.75, 3.05) is 0 Å². The summed E-state index contributed by atoms with van der Waals surface area (Å²) in [4.78, 5) is 12.7. The van der Waals surface area contributed by atoms with E-state index >= 15 is 0 Å². The number of carbonyl (C=O) groups excluding carboxylic acids is 1. The van der Waals surface area contributed by atoms with Crippen LogP contribution in [-0.2, 0) is 28.8 Å². The van der Waals surface area contributed by atoms with Gasteiger partial charge in [-0.1, -0.05) is 18.2 Å². The van der Waals surface area contributed by atoms with Crippen molar-refractivity contribution in [3.63, 3.8) is 0 Å². The first-order valence-electron chi connectivity index (χ1n) is 11.6. The third kappa shape index (κ3) is 4.03. The highest BCUT2D eigenvalue weighted by Gasteiger charge is 2.39. The number of rotatable bonds is 5. The molecule has 0 saturated heterocycles. The van der Waals surface area contributed by atoms with Crippen molar-refractivity contribution >= 4 is 11.5 Å². The van der Waals surface area contributed by atoms with Crippen LogP contribution in [0.4, 0.5) is 0 Å². The van der Waals surface area contributed by atoms with Crippen LogP contribution in [0.5, 0.6) is 11.5 Å². The first-order valence-corrected chi connectivity index (χ1v) is 11.6. The fourth-order valence-corrected chi connectivity index (χ4v) is 4.75. The topological polar surface area (TPSA) is 105 Å². The van der Waals surface area contributed by atoms with E-state index in [1.165, 1.54) is 0 Å². The number of aliphatic hydroxyl groups excluding tert-OH is 1. The smallest absolute Gasteiger partial charge is 0.343 e. The quantitative estimate of drug-likeness (QED) is 0.581. The van der Waals surface area contributed by atoms with E-state index in [1.54, 1.807) is 39.8 Å². The standard InChI is InChI=1S/C27H30O7/c1-26(2,30)21-12-16-9-14(5-7-18(16)32-21)10-20-24(28)23(25(29)34-20)15-6-8-19-17(11-15)13-22(33-19)27(3,4)31/h5-9,11,20-22,28,30-31H,10,12-13H2,1-4H3/t20?,21-,22-/m1/s1. The first kappa shape index (κ1) is 22.7. The lowest BCUT2D eigenvalue weighted by Gasteiger charge is -2.24. The Hall–Kier alpha value is -3.03. The molecule has 2 aromatic carbocycles. The fraction of sp³-hybridized carbons (Fsp3) is 0.444. The van der Waals surface area contributed by atoms with Gasteiger partial charge in [0.2, 0.25) is 0 Å². The lowest BCUT2D eigenvalue weighted by molar-refractivity contribution is -0.138. The Morgan fingerprint density at radius 3 is 2.00 bits per heavy atom. The molecule has 34 heavy (non-hydrogen) atoms. The average molecular weight is 467 g/mol. The van der Waals surface area contributed by atoms with Crippen LogP contribution in [0.3, 0.4) is 0 Å². The summed E-state index contributed by atoms with van der Waals surface area (Å²) in [5.74, 6) is 0.758. The van der Waals surface area contributed by atoms with Gasteiger partial charge in [-0.2, -0.15) is 0 Å². The van der Waals surface area contributed by atoms with Gasteiger partial charge < -0.3 is 29.5 Å². The number of cyclic esters (lactones) is 1. The van der Waals surface area contributed by atoms with Crippen LogP contribution >= 0.6 is 0 Å². The number of aliphatic hydroxyl groups is 3. The number of ether oxygens (including phenoxy) is 3. The van der Waals surface area contributed by atoms with Crippen LogP contribution in [0.25, 0.3) is 5.57 Å². The minimum absolute atomic E-state index is 0.0889. The normalized spacial score (nSPS) is 23.9. The summed E-state index contributed by atoms with van der Waals surface area (Å²) in [6.45, 7) is 6.85. The van der Waals surface area contributed by atoms with E-state index in [4.69, 9.17) is 14.2 Å². The summed E-state index contributed by atoms with van der Waals surface area (Å²) < 4.78 is 17.2. The Labute approximate surface area is 198 Å². The molecule has 3 N–H and O–H groups in total. The molecule has 1 unspecified atom stereocenters. The maximum absolute atomic E-state index is 12.7. The molecular weight excluding hydrogens is 436 g/mol. The molecule has 0 bridgehead atoms. The Morgan fingerprint density at radius 1 is 0.853 bits per heavy atom. The van der Waals surface area contributed by atoms with E-state index in [9.17, 15) is 20.1 Å². The molecule has 3 aliphatic rings. The molecule has 3 heterocycles. The Bertz CT molecular complexity index is 1180. The molecular formula is C27H30O7. The molecule has 0 saturated carbocycles. The second-order valence-electron chi connectivity index (χ2n) is 10.6. The Morgan fingerprint density at radius 2 is 1.41 bits per heavy atom. The van der Waals surface area contributed by atoms with Gasteiger partial charge in [-0.25, -0.2) is 4.79 Å². The molecule has 180 valence electrons. The minimum atomic E-state index is -0.994. The van der Waals surface area contributed by atoms with E-state index in [0.29, 0.717) is 30.6 Å². The Kier molecular flexibility index (Phi) is 5.18. The number of fused-ring (bicyclic) bond motifs is 2. The van der Waals surface area contributed by atoms with Crippen molar-refractivity contribution < 1.29 is 34.3 Å². The Balaban J connectivity index is 1.35. The largest absolute Gasteiger partial charge is 0.507 e. The van der Waals surface area contributed by atoms with Crippen molar-refractivity contribution in [2.45, 2.75) is 76.5 Å². The highest BCUT2D eigenvalue weighted by atomic mass is 16.6. The van der Waals surface area contributed by atoms with Crippen molar-refractivity contribution in [1.29, 1.82) is 0 Å². The van der Waals surface area contributed by atoms with Gasteiger partial charge in [0.25, 0.3) is 0 Å². The SMILES string of the molecule is CC(C)(O)[C@H]1Cc2cc(CC3OC(=O)C(c4ccc5c(c4)C[C@H](C(C)(C)O)O5)=C3O)ccc2O1. The number of carbonyl (C=O) groups is 1. The highest BCUT2D eigenvalue weighted by Crippen LogP contribution is 2.39. The van der Waals surface area contributed by atoms with Gasteiger partial charge in [-0.05, 0) is 68.1 Å². The third-order valence-electron chi connectivity index (χ3n) is 6.83. The van der Waals surface area contributed by atoms with E-state index in [1.807, 2.05) is 24.3 Å². The molecule has 0 fully saturated rings. The zero-order chi connectivity index (χ0) is 24.4. The zero-order valence-corrected chi connectivity index (χ0v) is 19.8. The molecule has 7 heteroatoms. The highest BCUT2D eigenvalue weighted by molar-refractivity contribution is 6.19. The summed E-state index contributed by atoms with van der Waals surface area (Å²) in [5.41, 5.74) is 1.54. The van der Waals surface area contributed by atoms with Crippen LogP contribution < -0.4 is 9.47 Å². The maximum atomic E-state index is 12.7. The maximum Gasteiger partial charge on any atom is 0.343 e. The van der Waals surface area contributed by atoms with Crippen LogP contribution in [0, 0.1) is 0 Å². The first-order chi connectivity index (χ1) is 15.9. The average Bonchev–Trinajstić information content (AvgIpc) is 3.42. The van der Waals surface area contributed by atoms with Gasteiger partial charge in [0, 0.05) is 19.3 Å². The zero-order valence-electron chi connectivity index (χ0n) is 19.8. The van der Waals surface area contributed by atoms with Crippen LogP contribution in [0.2, 0.25) is 0 Å². The number of benzene rings is 2. The predicted octanol–water partition coefficient (Wildman–Crippen LogP) is 3.27. The summed E-state index contributed by atoms with van der Waals surface area (Å²) in [7, 11) is 0. The lowest BCUT2D eigenvalue weighted by atomic mass is 9.94. The van der Waals surface area contributed by atoms with Crippen LogP contribution in [-0.4, -0.2) is 50.8 Å². The molecule has 0 spiro atoms. The van der Waals surface area contributed by atoms with Crippen molar-refractivity contribution in [2.24, 2.45) is 0 Å². The van der Waals surface area contributed by atoms with Gasteiger partial charge in [0.1, 0.15) is 35.0 Å². The second kappa shape index (κ2) is 7.75. The minimum Gasteiger partial charge on any atom is -0.507 e. The molecule has 0 amide bonds. The van der Waals surface area contributed by atoms with Gasteiger partial charge in [-0.15, -0.1) is 0 Å². The summed E-state index contributed by atoms with van der Waals surface area (Å²) in [5, 5.41) is 31.4. The van der Waals surface area contributed by atoms with Crippen LogP contribution in [0.1, 0.15) is 49.9 Å². The van der Waals surface area contributed by atoms with E-state index < -0.39 is 23.3 Å². The van der Waals surface area contributed by atoms with Gasteiger partial charge in [-0.3, -0.25) is 0 Å². The third-order valence-corrected chi connectivity index (χ3v) is 6.83. The molecule has 0 aliphatic carbocycles. The molecule has 0 radical (unpaired) electrons. The van der Waals surface area contributed by atoms with E-state index in [-0.39, 0.29) is 23.5 Å². The van der Waals surface area contributed by atoms with Crippen molar-refractivity contribution in [3.8, 4) is 11.5 Å². The number of esters is 1. The molecule has 0 aromatic heterocycles. The molecule has 7 nitrogen and oxygen atoms in total. The van der Waals surface area contributed by atoms with Gasteiger partial charge in [0.05, 0.1) is 11.2 Å².